The molecule has 0 bridgehead atoms. The molecule has 1 amide bonds. The molecule has 11 heteroatoms. The van der Waals surface area contributed by atoms with Crippen molar-refractivity contribution in [1.82, 2.24) is 19.8 Å². The second-order valence-electron chi connectivity index (χ2n) is 6.37. The molecule has 1 unspecified atom stereocenters. The predicted octanol–water partition coefficient (Wildman–Crippen LogP) is 4.13. The molecule has 1 atom stereocenters. The second kappa shape index (κ2) is 8.46. The van der Waals surface area contributed by atoms with Gasteiger partial charge in [-0.15, -0.1) is 0 Å². The standard InChI is InChI=1S/C18H16Cl2F3N5O/c1-11(26-17(29)15-16(19)25-8-7-24-15)10-12-2-4-13(5-3-12)27-9-6-14(28(27)20)18(21,22)23/h2-8,11H,9-10H2,1H3,(H,26,29). The Morgan fingerprint density at radius 1 is 1.24 bits per heavy atom. The fourth-order valence-electron chi connectivity index (χ4n) is 2.85. The normalized spacial score (nSPS) is 15.3. The molecule has 1 aromatic heterocycles. The Hall–Kier alpha value is -2.52. The summed E-state index contributed by atoms with van der Waals surface area (Å²) < 4.78 is 39.2. The van der Waals surface area contributed by atoms with Crippen molar-refractivity contribution >= 4 is 35.0 Å². The molecular formula is C18H16Cl2F3N5O. The highest BCUT2D eigenvalue weighted by atomic mass is 35.5. The zero-order valence-corrected chi connectivity index (χ0v) is 16.6. The van der Waals surface area contributed by atoms with Crippen LogP contribution in [-0.2, 0) is 6.42 Å². The van der Waals surface area contributed by atoms with Crippen LogP contribution in [0, 0.1) is 0 Å². The van der Waals surface area contributed by atoms with Crippen LogP contribution in [-0.4, -0.2) is 39.2 Å². The van der Waals surface area contributed by atoms with Crippen molar-refractivity contribution in [2.24, 2.45) is 0 Å². The average molecular weight is 446 g/mol. The van der Waals surface area contributed by atoms with Gasteiger partial charge in [0.1, 0.15) is 0 Å². The highest BCUT2D eigenvalue weighted by molar-refractivity contribution is 6.32. The lowest BCUT2D eigenvalue weighted by Gasteiger charge is -2.28. The molecular weight excluding hydrogens is 430 g/mol. The summed E-state index contributed by atoms with van der Waals surface area (Å²) in [5, 5.41) is 4.10. The summed E-state index contributed by atoms with van der Waals surface area (Å²) in [5.41, 5.74) is 0.529. The molecule has 29 heavy (non-hydrogen) atoms. The molecule has 0 saturated carbocycles. The number of alkyl halides is 3. The number of nitrogens with zero attached hydrogens (tertiary/aromatic N) is 4. The Morgan fingerprint density at radius 2 is 1.90 bits per heavy atom. The van der Waals surface area contributed by atoms with Crippen LogP contribution >= 0.6 is 23.4 Å². The monoisotopic (exact) mass is 445 g/mol. The average Bonchev–Trinajstić information content (AvgIpc) is 3.04. The van der Waals surface area contributed by atoms with E-state index in [9.17, 15) is 18.0 Å². The van der Waals surface area contributed by atoms with Gasteiger partial charge < -0.3 is 5.32 Å². The van der Waals surface area contributed by atoms with Crippen molar-refractivity contribution in [3.8, 4) is 0 Å². The lowest BCUT2D eigenvalue weighted by Crippen LogP contribution is -2.35. The van der Waals surface area contributed by atoms with E-state index in [1.807, 2.05) is 6.92 Å². The van der Waals surface area contributed by atoms with Crippen LogP contribution in [0.5, 0.6) is 0 Å². The van der Waals surface area contributed by atoms with E-state index in [0.717, 1.165) is 11.6 Å². The van der Waals surface area contributed by atoms with Crippen molar-refractivity contribution in [3.63, 3.8) is 0 Å². The lowest BCUT2D eigenvalue weighted by molar-refractivity contribution is -0.103. The van der Waals surface area contributed by atoms with Gasteiger partial charge in [-0.3, -0.25) is 9.80 Å². The maximum Gasteiger partial charge on any atom is 0.434 e. The lowest BCUT2D eigenvalue weighted by atomic mass is 10.1. The number of halogens is 5. The van der Waals surface area contributed by atoms with E-state index >= 15 is 0 Å². The van der Waals surface area contributed by atoms with Crippen molar-refractivity contribution in [1.29, 1.82) is 0 Å². The quantitative estimate of drug-likeness (QED) is 0.701. The first-order valence-corrected chi connectivity index (χ1v) is 9.25. The molecule has 1 aliphatic rings. The van der Waals surface area contributed by atoms with E-state index in [2.05, 4.69) is 15.3 Å². The van der Waals surface area contributed by atoms with Crippen LogP contribution in [0.15, 0.2) is 48.4 Å². The van der Waals surface area contributed by atoms with Gasteiger partial charge in [0, 0.05) is 30.2 Å². The summed E-state index contributed by atoms with van der Waals surface area (Å²) in [6.07, 6.45) is -0.228. The first-order chi connectivity index (χ1) is 13.7. The molecule has 0 aliphatic carbocycles. The van der Waals surface area contributed by atoms with Crippen LogP contribution in [0.3, 0.4) is 0 Å². The summed E-state index contributed by atoms with van der Waals surface area (Å²) in [5.74, 6) is -0.437. The molecule has 2 heterocycles. The van der Waals surface area contributed by atoms with Gasteiger partial charge in [0.2, 0.25) is 0 Å². The summed E-state index contributed by atoms with van der Waals surface area (Å²) in [6, 6.07) is 6.65. The molecule has 0 saturated heterocycles. The Bertz CT molecular complexity index is 920. The zero-order chi connectivity index (χ0) is 21.2. The first kappa shape index (κ1) is 21.2. The van der Waals surface area contributed by atoms with Crippen LogP contribution in [0.25, 0.3) is 0 Å². The maximum absolute atomic E-state index is 12.9. The van der Waals surface area contributed by atoms with Crippen LogP contribution in [0.2, 0.25) is 5.15 Å². The third kappa shape index (κ3) is 4.91. The SMILES string of the molecule is CC(Cc1ccc(N2CC=C(C(F)(F)F)N2Cl)cc1)NC(=O)c1nccnc1Cl. The van der Waals surface area contributed by atoms with Gasteiger partial charge in [-0.25, -0.2) is 9.97 Å². The number of allylic oxidation sites excluding steroid dienone is 1. The van der Waals surface area contributed by atoms with Gasteiger partial charge in [-0.05, 0) is 37.1 Å². The van der Waals surface area contributed by atoms with Crippen LogP contribution in [0.4, 0.5) is 18.9 Å². The molecule has 1 N–H and O–H groups in total. The van der Waals surface area contributed by atoms with Gasteiger partial charge in [0.15, 0.2) is 16.5 Å². The highest BCUT2D eigenvalue weighted by Crippen LogP contribution is 2.36. The number of carbonyl (C=O) groups excluding carboxylic acids is 1. The third-order valence-corrected chi connectivity index (χ3v) is 4.82. The van der Waals surface area contributed by atoms with Crippen molar-refractivity contribution in [2.45, 2.75) is 25.6 Å². The number of hydrogen-bond donors (Lipinski definition) is 1. The summed E-state index contributed by atoms with van der Waals surface area (Å²) >= 11 is 11.7. The Labute approximate surface area is 175 Å². The Morgan fingerprint density at radius 3 is 2.48 bits per heavy atom. The first-order valence-electron chi connectivity index (χ1n) is 8.54. The number of hydrazine groups is 1. The van der Waals surface area contributed by atoms with Gasteiger partial charge in [0.05, 0.1) is 12.2 Å². The molecule has 1 aromatic carbocycles. The van der Waals surface area contributed by atoms with Crippen molar-refractivity contribution in [2.75, 3.05) is 11.6 Å². The van der Waals surface area contributed by atoms with Gasteiger partial charge in [-0.1, -0.05) is 23.7 Å². The maximum atomic E-state index is 12.9. The summed E-state index contributed by atoms with van der Waals surface area (Å²) in [6.45, 7) is 1.83. The highest BCUT2D eigenvalue weighted by Gasteiger charge is 2.42. The molecule has 6 nitrogen and oxygen atoms in total. The molecule has 0 spiro atoms. The topological polar surface area (TPSA) is 61.4 Å². The molecule has 3 rings (SSSR count). The minimum absolute atomic E-state index is 0.0169. The van der Waals surface area contributed by atoms with E-state index < -0.39 is 17.8 Å². The Balaban J connectivity index is 1.60. The zero-order valence-electron chi connectivity index (χ0n) is 15.1. The second-order valence-corrected chi connectivity index (χ2v) is 7.05. The van der Waals surface area contributed by atoms with Gasteiger partial charge in [0.25, 0.3) is 5.91 Å². The van der Waals surface area contributed by atoms with Gasteiger partial charge in [-0.2, -0.15) is 17.7 Å². The van der Waals surface area contributed by atoms with Crippen LogP contribution < -0.4 is 10.3 Å². The fourth-order valence-corrected chi connectivity index (χ4v) is 3.36. The number of rotatable bonds is 5. The molecule has 154 valence electrons. The van der Waals surface area contributed by atoms with E-state index in [-0.39, 0.29) is 23.4 Å². The molecule has 1 aliphatic heterocycles. The van der Waals surface area contributed by atoms with Crippen LogP contribution in [0.1, 0.15) is 23.0 Å². The van der Waals surface area contributed by atoms with E-state index in [4.69, 9.17) is 23.4 Å². The molecule has 2 aromatic rings. The minimum atomic E-state index is -4.52. The van der Waals surface area contributed by atoms with Crippen molar-refractivity contribution in [3.05, 3.63) is 64.8 Å². The summed E-state index contributed by atoms with van der Waals surface area (Å²) in [4.78, 5) is 19.9. The van der Waals surface area contributed by atoms with Crippen molar-refractivity contribution < 1.29 is 18.0 Å². The molecule has 0 fully saturated rings. The minimum Gasteiger partial charge on any atom is -0.348 e. The number of nitrogens with one attached hydrogen (secondary N) is 1. The number of anilines is 1. The predicted molar refractivity (Wildman–Crippen MR) is 103 cm³/mol. The third-order valence-electron chi connectivity index (χ3n) is 4.18. The van der Waals surface area contributed by atoms with E-state index in [1.54, 1.807) is 24.3 Å². The van der Waals surface area contributed by atoms with E-state index in [1.165, 1.54) is 17.4 Å². The summed E-state index contributed by atoms with van der Waals surface area (Å²) in [7, 11) is 0. The number of aromatic nitrogens is 2. The number of hydrogen-bond acceptors (Lipinski definition) is 5. The number of benzene rings is 1. The number of carbonyl (C=O) groups is 1. The number of amides is 1. The Kier molecular flexibility index (Phi) is 6.18. The molecule has 0 radical (unpaired) electrons. The largest absolute Gasteiger partial charge is 0.434 e. The van der Waals surface area contributed by atoms with E-state index in [0.29, 0.717) is 16.6 Å². The fraction of sp³-hybridized carbons (Fsp3) is 0.278. The smallest absolute Gasteiger partial charge is 0.348 e. The van der Waals surface area contributed by atoms with Gasteiger partial charge >= 0.3 is 6.18 Å².